The van der Waals surface area contributed by atoms with E-state index in [0.29, 0.717) is 16.8 Å². The number of nitrogens with zero attached hydrogens (tertiary/aromatic N) is 1. The summed E-state index contributed by atoms with van der Waals surface area (Å²) in [5, 5.41) is 0.457. The van der Waals surface area contributed by atoms with Gasteiger partial charge in [0.1, 0.15) is 10.4 Å². The van der Waals surface area contributed by atoms with Crippen molar-refractivity contribution in [2.75, 3.05) is 7.11 Å². The third-order valence-corrected chi connectivity index (χ3v) is 2.79. The number of methoxy groups -OCH3 is 1. The van der Waals surface area contributed by atoms with E-state index in [9.17, 15) is 8.78 Å². The second kappa shape index (κ2) is 5.02. The van der Waals surface area contributed by atoms with Crippen molar-refractivity contribution in [3.63, 3.8) is 0 Å². The Morgan fingerprint density at radius 2 is 2.21 bits per heavy atom. The van der Waals surface area contributed by atoms with Gasteiger partial charge in [-0.25, -0.2) is 13.8 Å². The van der Waals surface area contributed by atoms with Crippen LogP contribution in [0, 0.1) is 0 Å². The Kier molecular flexibility index (Phi) is 4.25. The van der Waals surface area contributed by atoms with Crippen molar-refractivity contribution in [1.82, 2.24) is 4.98 Å². The van der Waals surface area contributed by atoms with Gasteiger partial charge < -0.3 is 4.74 Å². The van der Waals surface area contributed by atoms with Gasteiger partial charge in [0.15, 0.2) is 0 Å². The highest BCUT2D eigenvalue weighted by Gasteiger charge is 2.16. The van der Waals surface area contributed by atoms with Gasteiger partial charge in [0.05, 0.1) is 18.4 Å². The molecule has 0 radical (unpaired) electrons. The zero-order chi connectivity index (χ0) is 10.7. The van der Waals surface area contributed by atoms with Crippen LogP contribution in [0.3, 0.4) is 0 Å². The first-order chi connectivity index (χ1) is 6.60. The summed E-state index contributed by atoms with van der Waals surface area (Å²) in [6, 6.07) is 1.29. The summed E-state index contributed by atoms with van der Waals surface area (Å²) in [5.74, 6) is 0.361. The molecular formula is C8H7Br2F2NO. The van der Waals surface area contributed by atoms with Crippen LogP contribution in [-0.4, -0.2) is 12.1 Å². The molecule has 1 aromatic rings. The third-order valence-electron chi connectivity index (χ3n) is 1.62. The summed E-state index contributed by atoms with van der Waals surface area (Å²) in [6.45, 7) is 0. The first-order valence-electron chi connectivity index (χ1n) is 3.67. The second-order valence-electron chi connectivity index (χ2n) is 2.45. The topological polar surface area (TPSA) is 22.1 Å². The van der Waals surface area contributed by atoms with E-state index in [4.69, 9.17) is 4.74 Å². The normalized spacial score (nSPS) is 10.7. The van der Waals surface area contributed by atoms with Crippen molar-refractivity contribution in [1.29, 1.82) is 0 Å². The highest BCUT2D eigenvalue weighted by Crippen LogP contribution is 2.31. The van der Waals surface area contributed by atoms with Crippen LogP contribution in [0.1, 0.15) is 17.7 Å². The van der Waals surface area contributed by atoms with E-state index in [1.54, 1.807) is 0 Å². The van der Waals surface area contributed by atoms with Gasteiger partial charge in [-0.3, -0.25) is 0 Å². The van der Waals surface area contributed by atoms with Gasteiger partial charge >= 0.3 is 0 Å². The molecule has 6 heteroatoms. The Bertz CT molecular complexity index is 333. The summed E-state index contributed by atoms with van der Waals surface area (Å²) >= 11 is 6.18. The molecule has 1 rings (SSSR count). The van der Waals surface area contributed by atoms with E-state index < -0.39 is 6.43 Å². The zero-order valence-corrected chi connectivity index (χ0v) is 10.4. The summed E-state index contributed by atoms with van der Waals surface area (Å²) in [6.07, 6.45) is -2.56. The van der Waals surface area contributed by atoms with E-state index >= 15 is 0 Å². The molecule has 14 heavy (non-hydrogen) atoms. The molecule has 0 fully saturated rings. The Hall–Kier alpha value is -0.230. The van der Waals surface area contributed by atoms with Crippen molar-refractivity contribution >= 4 is 31.9 Å². The minimum absolute atomic E-state index is 0.155. The summed E-state index contributed by atoms with van der Waals surface area (Å²) in [7, 11) is 1.42. The molecule has 0 saturated heterocycles. The number of alkyl halides is 3. The fraction of sp³-hybridized carbons (Fsp3) is 0.375. The summed E-state index contributed by atoms with van der Waals surface area (Å²) in [4.78, 5) is 3.95. The summed E-state index contributed by atoms with van der Waals surface area (Å²) in [5.41, 5.74) is 0.426. The van der Waals surface area contributed by atoms with E-state index in [-0.39, 0.29) is 10.2 Å². The predicted octanol–water partition coefficient (Wildman–Crippen LogP) is 3.69. The standard InChI is InChI=1S/C8H7Br2F2NO/c1-14-6-2-4(8(11)12)7(10)13-5(6)3-9/h2,8H,3H2,1H3. The van der Waals surface area contributed by atoms with Crippen molar-refractivity contribution in [2.24, 2.45) is 0 Å². The number of rotatable bonds is 3. The fourth-order valence-electron chi connectivity index (χ4n) is 0.948. The van der Waals surface area contributed by atoms with Gasteiger partial charge in [-0.15, -0.1) is 0 Å². The lowest BCUT2D eigenvalue weighted by atomic mass is 10.2. The molecule has 0 aromatic carbocycles. The van der Waals surface area contributed by atoms with Crippen LogP contribution in [0.5, 0.6) is 5.75 Å². The lowest BCUT2D eigenvalue weighted by Crippen LogP contribution is -1.98. The van der Waals surface area contributed by atoms with Crippen LogP contribution in [0.4, 0.5) is 8.78 Å². The van der Waals surface area contributed by atoms with E-state index in [2.05, 4.69) is 36.8 Å². The average Bonchev–Trinajstić information content (AvgIpc) is 2.16. The Balaban J connectivity index is 3.23. The summed E-state index contributed by atoms with van der Waals surface area (Å²) < 4.78 is 30.0. The minimum atomic E-state index is -2.56. The van der Waals surface area contributed by atoms with Gasteiger partial charge in [-0.05, 0) is 22.0 Å². The first kappa shape index (κ1) is 11.8. The molecule has 0 amide bonds. The van der Waals surface area contributed by atoms with Crippen LogP contribution in [0.25, 0.3) is 0 Å². The quantitative estimate of drug-likeness (QED) is 0.623. The van der Waals surface area contributed by atoms with Crippen molar-refractivity contribution in [3.8, 4) is 5.75 Å². The molecule has 0 bridgehead atoms. The average molecular weight is 331 g/mol. The fourth-order valence-corrected chi connectivity index (χ4v) is 1.85. The number of hydrogen-bond donors (Lipinski definition) is 0. The first-order valence-corrected chi connectivity index (χ1v) is 5.59. The predicted molar refractivity (Wildman–Crippen MR) is 56.1 cm³/mol. The molecular weight excluding hydrogens is 324 g/mol. The van der Waals surface area contributed by atoms with Crippen LogP contribution < -0.4 is 4.74 Å². The Morgan fingerprint density at radius 3 is 2.64 bits per heavy atom. The van der Waals surface area contributed by atoms with E-state index in [0.717, 1.165) is 0 Å². The van der Waals surface area contributed by atoms with Gasteiger partial charge in [-0.1, -0.05) is 15.9 Å². The number of hydrogen-bond acceptors (Lipinski definition) is 2. The van der Waals surface area contributed by atoms with Crippen molar-refractivity contribution in [2.45, 2.75) is 11.8 Å². The number of pyridine rings is 1. The Morgan fingerprint density at radius 1 is 1.57 bits per heavy atom. The van der Waals surface area contributed by atoms with Crippen LogP contribution in [0.15, 0.2) is 10.7 Å². The highest BCUT2D eigenvalue weighted by molar-refractivity contribution is 9.10. The molecule has 0 aliphatic heterocycles. The lowest BCUT2D eigenvalue weighted by Gasteiger charge is -2.09. The van der Waals surface area contributed by atoms with Crippen LogP contribution >= 0.6 is 31.9 Å². The van der Waals surface area contributed by atoms with Crippen LogP contribution in [0.2, 0.25) is 0 Å². The van der Waals surface area contributed by atoms with Crippen molar-refractivity contribution in [3.05, 3.63) is 21.9 Å². The maximum absolute atomic E-state index is 12.4. The molecule has 0 aliphatic carbocycles. The molecule has 78 valence electrons. The monoisotopic (exact) mass is 329 g/mol. The smallest absolute Gasteiger partial charge is 0.266 e. The molecule has 0 spiro atoms. The van der Waals surface area contributed by atoms with Gasteiger partial charge in [0, 0.05) is 5.33 Å². The number of aromatic nitrogens is 1. The molecule has 1 aromatic heterocycles. The molecule has 0 saturated carbocycles. The van der Waals surface area contributed by atoms with Crippen molar-refractivity contribution < 1.29 is 13.5 Å². The highest BCUT2D eigenvalue weighted by atomic mass is 79.9. The molecule has 0 unspecified atom stereocenters. The SMILES string of the molecule is COc1cc(C(F)F)c(Br)nc1CBr. The zero-order valence-electron chi connectivity index (χ0n) is 7.23. The molecule has 0 atom stereocenters. The molecule has 2 nitrogen and oxygen atoms in total. The number of ether oxygens (including phenoxy) is 1. The van der Waals surface area contributed by atoms with Gasteiger partial charge in [0.2, 0.25) is 0 Å². The maximum atomic E-state index is 12.4. The molecule has 0 N–H and O–H groups in total. The number of halogens is 4. The largest absolute Gasteiger partial charge is 0.495 e. The second-order valence-corrected chi connectivity index (χ2v) is 3.76. The van der Waals surface area contributed by atoms with Crippen LogP contribution in [-0.2, 0) is 5.33 Å². The third kappa shape index (κ3) is 2.42. The molecule has 0 aliphatic rings. The Labute approximate surface area is 96.9 Å². The molecule has 1 heterocycles. The minimum Gasteiger partial charge on any atom is -0.495 e. The van der Waals surface area contributed by atoms with E-state index in [1.807, 2.05) is 0 Å². The van der Waals surface area contributed by atoms with E-state index in [1.165, 1.54) is 13.2 Å². The van der Waals surface area contributed by atoms with Gasteiger partial charge in [0.25, 0.3) is 6.43 Å². The maximum Gasteiger partial charge on any atom is 0.266 e. The lowest BCUT2D eigenvalue weighted by molar-refractivity contribution is 0.149. The van der Waals surface area contributed by atoms with Gasteiger partial charge in [-0.2, -0.15) is 0 Å².